The van der Waals surface area contributed by atoms with Gasteiger partial charge in [0.2, 0.25) is 5.76 Å². The van der Waals surface area contributed by atoms with Gasteiger partial charge in [-0.2, -0.15) is 0 Å². The van der Waals surface area contributed by atoms with Crippen LogP contribution in [0.15, 0.2) is 15.1 Å². The first-order valence-corrected chi connectivity index (χ1v) is 7.01. The maximum absolute atomic E-state index is 12.3. The second-order valence-electron chi connectivity index (χ2n) is 5.74. The third-order valence-electron chi connectivity index (χ3n) is 3.31. The number of aromatic nitrogens is 2. The topological polar surface area (TPSA) is 72.4 Å². The van der Waals surface area contributed by atoms with Crippen LogP contribution in [0.4, 0.5) is 0 Å². The standard InChI is InChI=1S/C15H21N3O3/c1-9(2)6-12-7-14(21-17-12)15(19)18(5)8-13-10(3)16-20-11(13)4/h7,9H,6,8H2,1-5H3. The normalized spacial score (nSPS) is 11.1. The average Bonchev–Trinajstić information content (AvgIpc) is 2.99. The molecule has 0 bridgehead atoms. The molecule has 0 aliphatic carbocycles. The highest BCUT2D eigenvalue weighted by Crippen LogP contribution is 2.16. The van der Waals surface area contributed by atoms with Gasteiger partial charge in [0.1, 0.15) is 5.76 Å². The minimum atomic E-state index is -0.197. The Bertz CT molecular complexity index is 608. The Hall–Kier alpha value is -2.11. The van der Waals surface area contributed by atoms with Gasteiger partial charge in [-0.05, 0) is 26.2 Å². The Morgan fingerprint density at radius 3 is 2.57 bits per heavy atom. The lowest BCUT2D eigenvalue weighted by Crippen LogP contribution is -2.26. The number of amides is 1. The van der Waals surface area contributed by atoms with E-state index < -0.39 is 0 Å². The van der Waals surface area contributed by atoms with E-state index in [1.807, 2.05) is 13.8 Å². The van der Waals surface area contributed by atoms with E-state index in [1.165, 1.54) is 0 Å². The molecule has 1 amide bonds. The zero-order valence-corrected chi connectivity index (χ0v) is 13.1. The zero-order chi connectivity index (χ0) is 15.6. The van der Waals surface area contributed by atoms with Crippen LogP contribution in [0, 0.1) is 19.8 Å². The average molecular weight is 291 g/mol. The highest BCUT2D eigenvalue weighted by molar-refractivity contribution is 5.91. The number of carbonyl (C=O) groups is 1. The van der Waals surface area contributed by atoms with Gasteiger partial charge < -0.3 is 13.9 Å². The van der Waals surface area contributed by atoms with Crippen molar-refractivity contribution in [3.05, 3.63) is 34.5 Å². The molecule has 2 aromatic heterocycles. The van der Waals surface area contributed by atoms with Crippen LogP contribution in [0.1, 0.15) is 47.1 Å². The van der Waals surface area contributed by atoms with E-state index >= 15 is 0 Å². The van der Waals surface area contributed by atoms with Gasteiger partial charge >= 0.3 is 0 Å². The van der Waals surface area contributed by atoms with Gasteiger partial charge in [-0.1, -0.05) is 24.2 Å². The molecular formula is C15H21N3O3. The van der Waals surface area contributed by atoms with Crippen LogP contribution >= 0.6 is 0 Å². The molecule has 0 unspecified atom stereocenters. The molecule has 2 heterocycles. The van der Waals surface area contributed by atoms with E-state index in [4.69, 9.17) is 9.05 Å². The third kappa shape index (κ3) is 3.51. The third-order valence-corrected chi connectivity index (χ3v) is 3.31. The Morgan fingerprint density at radius 1 is 1.29 bits per heavy atom. The summed E-state index contributed by atoms with van der Waals surface area (Å²) in [6.45, 7) is 8.32. The molecule has 0 spiro atoms. The quantitative estimate of drug-likeness (QED) is 0.847. The van der Waals surface area contributed by atoms with Gasteiger partial charge in [0.25, 0.3) is 5.91 Å². The van der Waals surface area contributed by atoms with Crippen LogP contribution in [0.3, 0.4) is 0 Å². The van der Waals surface area contributed by atoms with Crippen LogP contribution < -0.4 is 0 Å². The lowest BCUT2D eigenvalue weighted by Gasteiger charge is -2.14. The predicted octanol–water partition coefficient (Wildman–Crippen LogP) is 2.75. The summed E-state index contributed by atoms with van der Waals surface area (Å²) in [6.07, 6.45) is 0.796. The first kappa shape index (κ1) is 15.3. The molecule has 2 aromatic rings. The SMILES string of the molecule is Cc1noc(C)c1CN(C)C(=O)c1cc(CC(C)C)no1. The molecule has 0 N–H and O–H groups in total. The summed E-state index contributed by atoms with van der Waals surface area (Å²) in [7, 11) is 1.72. The molecule has 0 atom stereocenters. The van der Waals surface area contributed by atoms with Crippen LogP contribution in [-0.4, -0.2) is 28.2 Å². The molecule has 21 heavy (non-hydrogen) atoms. The fraction of sp³-hybridized carbons (Fsp3) is 0.533. The summed E-state index contributed by atoms with van der Waals surface area (Å²) in [6, 6.07) is 1.71. The van der Waals surface area contributed by atoms with Crippen molar-refractivity contribution in [1.29, 1.82) is 0 Å². The molecular weight excluding hydrogens is 270 g/mol. The fourth-order valence-electron chi connectivity index (χ4n) is 2.15. The second-order valence-corrected chi connectivity index (χ2v) is 5.74. The van der Waals surface area contributed by atoms with Gasteiger partial charge in [0.05, 0.1) is 17.9 Å². The summed E-state index contributed by atoms with van der Waals surface area (Å²) in [5, 5.41) is 7.83. The van der Waals surface area contributed by atoms with Gasteiger partial charge in [-0.25, -0.2) is 0 Å². The molecule has 0 saturated heterocycles. The molecule has 0 fully saturated rings. The van der Waals surface area contributed by atoms with Gasteiger partial charge in [0, 0.05) is 18.7 Å². The molecule has 6 nitrogen and oxygen atoms in total. The summed E-state index contributed by atoms with van der Waals surface area (Å²) >= 11 is 0. The molecule has 114 valence electrons. The van der Waals surface area contributed by atoms with Crippen molar-refractivity contribution in [2.24, 2.45) is 5.92 Å². The number of hydrogen-bond acceptors (Lipinski definition) is 5. The maximum atomic E-state index is 12.3. The largest absolute Gasteiger partial charge is 0.361 e. The van der Waals surface area contributed by atoms with Crippen molar-refractivity contribution in [2.45, 2.75) is 40.7 Å². The van der Waals surface area contributed by atoms with Crippen molar-refractivity contribution in [3.8, 4) is 0 Å². The summed E-state index contributed by atoms with van der Waals surface area (Å²) in [5.41, 5.74) is 2.53. The number of carbonyl (C=O) groups excluding carboxylic acids is 1. The Morgan fingerprint density at radius 2 is 2.00 bits per heavy atom. The molecule has 2 rings (SSSR count). The monoisotopic (exact) mass is 291 g/mol. The Balaban J connectivity index is 2.07. The van der Waals surface area contributed by atoms with Crippen LogP contribution in [0.5, 0.6) is 0 Å². The minimum absolute atomic E-state index is 0.197. The fourth-order valence-corrected chi connectivity index (χ4v) is 2.15. The van der Waals surface area contributed by atoms with E-state index in [1.54, 1.807) is 18.0 Å². The van der Waals surface area contributed by atoms with E-state index in [2.05, 4.69) is 24.2 Å². The number of rotatable bonds is 5. The highest BCUT2D eigenvalue weighted by atomic mass is 16.5. The van der Waals surface area contributed by atoms with Crippen LogP contribution in [0.2, 0.25) is 0 Å². The lowest BCUT2D eigenvalue weighted by molar-refractivity contribution is 0.0743. The van der Waals surface area contributed by atoms with Crippen molar-refractivity contribution < 1.29 is 13.8 Å². The lowest BCUT2D eigenvalue weighted by atomic mass is 10.1. The summed E-state index contributed by atoms with van der Waals surface area (Å²) in [5.74, 6) is 1.26. The van der Waals surface area contributed by atoms with E-state index in [0.717, 1.165) is 29.1 Å². The van der Waals surface area contributed by atoms with E-state index in [9.17, 15) is 4.79 Å². The minimum Gasteiger partial charge on any atom is -0.361 e. The molecule has 6 heteroatoms. The highest BCUT2D eigenvalue weighted by Gasteiger charge is 2.20. The molecule has 0 saturated carbocycles. The van der Waals surface area contributed by atoms with Gasteiger partial charge in [-0.15, -0.1) is 0 Å². The van der Waals surface area contributed by atoms with E-state index in [-0.39, 0.29) is 11.7 Å². The van der Waals surface area contributed by atoms with Gasteiger partial charge in [-0.3, -0.25) is 4.79 Å². The van der Waals surface area contributed by atoms with Crippen molar-refractivity contribution in [2.75, 3.05) is 7.05 Å². The van der Waals surface area contributed by atoms with Crippen molar-refractivity contribution in [1.82, 2.24) is 15.2 Å². The number of nitrogens with zero attached hydrogens (tertiary/aromatic N) is 3. The van der Waals surface area contributed by atoms with Crippen molar-refractivity contribution >= 4 is 5.91 Å². The zero-order valence-electron chi connectivity index (χ0n) is 13.1. The molecule has 0 aliphatic heterocycles. The number of aryl methyl sites for hydroxylation is 2. The predicted molar refractivity (Wildman–Crippen MR) is 76.8 cm³/mol. The van der Waals surface area contributed by atoms with Gasteiger partial charge in [0.15, 0.2) is 0 Å². The Labute approximate surface area is 124 Å². The maximum Gasteiger partial charge on any atom is 0.292 e. The molecule has 0 aromatic carbocycles. The summed E-state index contributed by atoms with van der Waals surface area (Å²) < 4.78 is 10.3. The van der Waals surface area contributed by atoms with E-state index in [0.29, 0.717) is 12.5 Å². The smallest absolute Gasteiger partial charge is 0.292 e. The van der Waals surface area contributed by atoms with Crippen LogP contribution in [0.25, 0.3) is 0 Å². The van der Waals surface area contributed by atoms with Crippen LogP contribution in [-0.2, 0) is 13.0 Å². The summed E-state index contributed by atoms with van der Waals surface area (Å²) in [4.78, 5) is 13.9. The second kappa shape index (κ2) is 6.11. The van der Waals surface area contributed by atoms with Crippen molar-refractivity contribution in [3.63, 3.8) is 0 Å². The first-order chi connectivity index (χ1) is 9.88. The Kier molecular flexibility index (Phi) is 4.45. The molecule has 0 radical (unpaired) electrons. The first-order valence-electron chi connectivity index (χ1n) is 7.01. The number of hydrogen-bond donors (Lipinski definition) is 0. The molecule has 0 aliphatic rings.